The number of aliphatic hydroxyl groups is 1. The van der Waals surface area contributed by atoms with Gasteiger partial charge < -0.3 is 14.7 Å². The van der Waals surface area contributed by atoms with E-state index in [9.17, 15) is 9.90 Å². The summed E-state index contributed by atoms with van der Waals surface area (Å²) in [6, 6.07) is 8.96. The summed E-state index contributed by atoms with van der Waals surface area (Å²) in [7, 11) is 0. The number of likely N-dealkylation sites (N-methyl/N-ethyl adjacent to an activating group) is 1. The van der Waals surface area contributed by atoms with Crippen molar-refractivity contribution in [2.45, 2.75) is 19.1 Å². The topological polar surface area (TPSA) is 78.5 Å². The van der Waals surface area contributed by atoms with Gasteiger partial charge in [-0.1, -0.05) is 12.1 Å². The Morgan fingerprint density at radius 3 is 2.68 bits per heavy atom. The van der Waals surface area contributed by atoms with Crippen molar-refractivity contribution in [3.63, 3.8) is 0 Å². The number of rotatable bonds is 4. The molecule has 1 saturated heterocycles. The molecule has 1 aliphatic rings. The first-order chi connectivity index (χ1) is 10.7. The zero-order valence-electron chi connectivity index (χ0n) is 12.4. The third-order valence-electron chi connectivity index (χ3n) is 3.97. The summed E-state index contributed by atoms with van der Waals surface area (Å²) in [6.45, 7) is 3.11. The van der Waals surface area contributed by atoms with Crippen molar-refractivity contribution in [3.05, 3.63) is 42.1 Å². The molecule has 0 aliphatic carbocycles. The maximum Gasteiger partial charge on any atom is 0.254 e. The van der Waals surface area contributed by atoms with Crippen LogP contribution in [-0.2, 0) is 4.74 Å². The molecule has 2 aromatic rings. The van der Waals surface area contributed by atoms with E-state index in [0.29, 0.717) is 18.7 Å². The second kappa shape index (κ2) is 6.29. The SMILES string of the molecule is CCN(C(=O)c1ccc(-c2ccn[nH]2)cc1)[C@@H]1COC[C@H]1O. The number of amides is 1. The minimum Gasteiger partial charge on any atom is -0.388 e. The maximum atomic E-state index is 12.6. The number of benzene rings is 1. The smallest absolute Gasteiger partial charge is 0.254 e. The van der Waals surface area contributed by atoms with Gasteiger partial charge in [-0.2, -0.15) is 5.10 Å². The first-order valence-corrected chi connectivity index (χ1v) is 7.37. The van der Waals surface area contributed by atoms with Crippen LogP contribution in [0.4, 0.5) is 0 Å². The van der Waals surface area contributed by atoms with Gasteiger partial charge in [-0.15, -0.1) is 0 Å². The lowest BCUT2D eigenvalue weighted by molar-refractivity contribution is 0.0520. The number of hydrogen-bond acceptors (Lipinski definition) is 4. The highest BCUT2D eigenvalue weighted by Gasteiger charge is 2.34. The van der Waals surface area contributed by atoms with E-state index in [2.05, 4.69) is 10.2 Å². The van der Waals surface area contributed by atoms with Crippen molar-refractivity contribution in [1.82, 2.24) is 15.1 Å². The maximum absolute atomic E-state index is 12.6. The summed E-state index contributed by atoms with van der Waals surface area (Å²) in [6.07, 6.45) is 1.07. The molecule has 116 valence electrons. The van der Waals surface area contributed by atoms with E-state index in [1.165, 1.54) is 0 Å². The molecule has 6 heteroatoms. The van der Waals surface area contributed by atoms with Crippen LogP contribution >= 0.6 is 0 Å². The number of aromatic nitrogens is 2. The molecule has 3 rings (SSSR count). The average molecular weight is 301 g/mol. The number of ether oxygens (including phenoxy) is 1. The van der Waals surface area contributed by atoms with E-state index in [4.69, 9.17) is 4.74 Å². The molecule has 22 heavy (non-hydrogen) atoms. The van der Waals surface area contributed by atoms with Crippen LogP contribution in [0.5, 0.6) is 0 Å². The van der Waals surface area contributed by atoms with Gasteiger partial charge in [0.25, 0.3) is 5.91 Å². The Kier molecular flexibility index (Phi) is 4.22. The lowest BCUT2D eigenvalue weighted by Gasteiger charge is -2.28. The number of nitrogens with one attached hydrogen (secondary N) is 1. The predicted octanol–water partition coefficient (Wildman–Crippen LogP) is 1.30. The summed E-state index contributed by atoms with van der Waals surface area (Å²) in [5.41, 5.74) is 2.48. The molecular formula is C16H19N3O3. The van der Waals surface area contributed by atoms with Crippen molar-refractivity contribution < 1.29 is 14.6 Å². The van der Waals surface area contributed by atoms with E-state index in [1.807, 2.05) is 25.1 Å². The van der Waals surface area contributed by atoms with E-state index >= 15 is 0 Å². The highest BCUT2D eigenvalue weighted by atomic mass is 16.5. The van der Waals surface area contributed by atoms with Crippen LogP contribution in [0.25, 0.3) is 11.3 Å². The van der Waals surface area contributed by atoms with Crippen LogP contribution in [0.15, 0.2) is 36.5 Å². The van der Waals surface area contributed by atoms with E-state index in [1.54, 1.807) is 23.2 Å². The van der Waals surface area contributed by atoms with Crippen LogP contribution in [-0.4, -0.2) is 58.0 Å². The standard InChI is InChI=1S/C16H19N3O3/c1-2-19(14-9-22-10-15(14)20)16(21)12-5-3-11(4-6-12)13-7-8-17-18-13/h3-8,14-15,20H,2,9-10H2,1H3,(H,17,18)/t14-,15-/m1/s1. The average Bonchev–Trinajstić information content (AvgIpc) is 3.21. The number of H-pyrrole nitrogens is 1. The summed E-state index contributed by atoms with van der Waals surface area (Å²) in [4.78, 5) is 14.3. The first kappa shape index (κ1) is 14.7. The van der Waals surface area contributed by atoms with Crippen molar-refractivity contribution in [2.75, 3.05) is 19.8 Å². The number of carbonyl (C=O) groups is 1. The van der Waals surface area contributed by atoms with Gasteiger partial charge >= 0.3 is 0 Å². The van der Waals surface area contributed by atoms with Gasteiger partial charge in [-0.3, -0.25) is 9.89 Å². The number of nitrogens with zero attached hydrogens (tertiary/aromatic N) is 2. The van der Waals surface area contributed by atoms with Crippen molar-refractivity contribution >= 4 is 5.91 Å². The zero-order valence-corrected chi connectivity index (χ0v) is 12.4. The third kappa shape index (κ3) is 2.75. The molecule has 0 saturated carbocycles. The highest BCUT2D eigenvalue weighted by Crippen LogP contribution is 2.20. The van der Waals surface area contributed by atoms with Crippen LogP contribution in [0.3, 0.4) is 0 Å². The molecule has 6 nitrogen and oxygen atoms in total. The Morgan fingerprint density at radius 1 is 1.36 bits per heavy atom. The van der Waals surface area contributed by atoms with E-state index in [0.717, 1.165) is 11.3 Å². The molecule has 0 radical (unpaired) electrons. The molecule has 0 unspecified atom stereocenters. The van der Waals surface area contributed by atoms with Crippen LogP contribution in [0.1, 0.15) is 17.3 Å². The molecule has 0 spiro atoms. The third-order valence-corrected chi connectivity index (χ3v) is 3.97. The fraction of sp³-hybridized carbons (Fsp3) is 0.375. The Labute approximate surface area is 128 Å². The molecule has 2 N–H and O–H groups in total. The lowest BCUT2D eigenvalue weighted by atomic mass is 10.1. The molecular weight excluding hydrogens is 282 g/mol. The Morgan fingerprint density at radius 2 is 2.14 bits per heavy atom. The molecule has 1 fully saturated rings. The van der Waals surface area contributed by atoms with Crippen molar-refractivity contribution in [2.24, 2.45) is 0 Å². The van der Waals surface area contributed by atoms with E-state index in [-0.39, 0.29) is 18.6 Å². The van der Waals surface area contributed by atoms with Gasteiger partial charge in [0.15, 0.2) is 0 Å². The van der Waals surface area contributed by atoms with Gasteiger partial charge in [0.2, 0.25) is 0 Å². The summed E-state index contributed by atoms with van der Waals surface area (Å²) >= 11 is 0. The second-order valence-corrected chi connectivity index (χ2v) is 5.31. The molecule has 1 aromatic carbocycles. The fourth-order valence-corrected chi connectivity index (χ4v) is 2.73. The Bertz CT molecular complexity index is 625. The molecule has 2 heterocycles. The monoisotopic (exact) mass is 301 g/mol. The normalized spacial score (nSPS) is 21.0. The van der Waals surface area contributed by atoms with E-state index < -0.39 is 6.10 Å². The summed E-state index contributed by atoms with van der Waals surface area (Å²) < 4.78 is 5.25. The molecule has 1 aromatic heterocycles. The highest BCUT2D eigenvalue weighted by molar-refractivity contribution is 5.95. The van der Waals surface area contributed by atoms with Crippen molar-refractivity contribution in [1.29, 1.82) is 0 Å². The van der Waals surface area contributed by atoms with Gasteiger partial charge in [0.1, 0.15) is 0 Å². The van der Waals surface area contributed by atoms with Gasteiger partial charge in [0, 0.05) is 18.3 Å². The fourth-order valence-electron chi connectivity index (χ4n) is 2.73. The van der Waals surface area contributed by atoms with Gasteiger partial charge in [-0.05, 0) is 30.7 Å². The quantitative estimate of drug-likeness (QED) is 0.892. The van der Waals surface area contributed by atoms with Crippen LogP contribution < -0.4 is 0 Å². The second-order valence-electron chi connectivity index (χ2n) is 5.31. The largest absolute Gasteiger partial charge is 0.388 e. The summed E-state index contributed by atoms with van der Waals surface area (Å²) in [5, 5.41) is 16.7. The number of hydrogen-bond donors (Lipinski definition) is 2. The van der Waals surface area contributed by atoms with Crippen LogP contribution in [0.2, 0.25) is 0 Å². The van der Waals surface area contributed by atoms with Gasteiger partial charge in [0.05, 0.1) is 31.1 Å². The minimum atomic E-state index is -0.617. The first-order valence-electron chi connectivity index (χ1n) is 7.37. The molecule has 1 amide bonds. The molecule has 0 bridgehead atoms. The Balaban J connectivity index is 1.79. The predicted molar refractivity (Wildman–Crippen MR) is 81.3 cm³/mol. The number of aliphatic hydroxyl groups excluding tert-OH is 1. The molecule has 1 aliphatic heterocycles. The lowest BCUT2D eigenvalue weighted by Crippen LogP contribution is -2.46. The van der Waals surface area contributed by atoms with Crippen molar-refractivity contribution in [3.8, 4) is 11.3 Å². The summed E-state index contributed by atoms with van der Waals surface area (Å²) in [5.74, 6) is -0.0896. The van der Waals surface area contributed by atoms with Crippen LogP contribution in [0, 0.1) is 0 Å². The van der Waals surface area contributed by atoms with Gasteiger partial charge in [-0.25, -0.2) is 0 Å². The minimum absolute atomic E-state index is 0.0896. The Hall–Kier alpha value is -2.18. The molecule has 2 atom stereocenters. The number of aromatic amines is 1. The zero-order chi connectivity index (χ0) is 15.5. The number of carbonyl (C=O) groups excluding carboxylic acids is 1.